The van der Waals surface area contributed by atoms with Crippen LogP contribution in [0, 0.1) is 5.92 Å². The number of thiazole rings is 1. The van der Waals surface area contributed by atoms with E-state index in [-0.39, 0.29) is 11.5 Å². The minimum atomic E-state index is -0.0571. The van der Waals surface area contributed by atoms with Crippen molar-refractivity contribution in [3.8, 4) is 5.88 Å². The Hall–Kier alpha value is -2.78. The van der Waals surface area contributed by atoms with Crippen LogP contribution >= 0.6 is 11.3 Å². The maximum absolute atomic E-state index is 12.8. The predicted octanol–water partition coefficient (Wildman–Crippen LogP) is 2.14. The summed E-state index contributed by atoms with van der Waals surface area (Å²) in [6, 6.07) is 5.10. The smallest absolute Gasteiger partial charge is 0.258 e. The Morgan fingerprint density at radius 1 is 1.23 bits per heavy atom. The molecule has 3 aromatic rings. The van der Waals surface area contributed by atoms with Crippen molar-refractivity contribution >= 4 is 22.2 Å². The van der Waals surface area contributed by atoms with Crippen LogP contribution in [-0.4, -0.2) is 62.9 Å². The van der Waals surface area contributed by atoms with Gasteiger partial charge in [0.1, 0.15) is 0 Å². The molecule has 0 bridgehead atoms. The molecule has 4 rings (SSSR count). The minimum Gasteiger partial charge on any atom is -0.477 e. The van der Waals surface area contributed by atoms with Crippen LogP contribution in [0.4, 0.5) is 0 Å². The van der Waals surface area contributed by atoms with Gasteiger partial charge < -0.3 is 9.64 Å². The maximum atomic E-state index is 12.8. The monoisotopic (exact) mass is 427 g/mol. The van der Waals surface area contributed by atoms with Gasteiger partial charge in [0.25, 0.3) is 11.5 Å². The second-order valence-corrected chi connectivity index (χ2v) is 8.67. The van der Waals surface area contributed by atoms with Gasteiger partial charge in [0.15, 0.2) is 4.96 Å². The van der Waals surface area contributed by atoms with Crippen molar-refractivity contribution in [2.24, 2.45) is 5.92 Å². The van der Waals surface area contributed by atoms with Gasteiger partial charge in [-0.1, -0.05) is 13.8 Å². The molecular weight excluding hydrogens is 402 g/mol. The van der Waals surface area contributed by atoms with E-state index in [9.17, 15) is 9.59 Å². The standard InChI is InChI=1S/C21H25N5O3S/c1-15(2)14-29-18-4-3-16(12-22-18)20(28)25-7-5-24(6-8-25)13-17-11-19(27)26-9-10-30-21(26)23-17/h3-4,9-12,15H,5-8,13-14H2,1-2H3. The summed E-state index contributed by atoms with van der Waals surface area (Å²) >= 11 is 1.45. The second kappa shape index (κ2) is 8.93. The van der Waals surface area contributed by atoms with Gasteiger partial charge in [-0.05, 0) is 12.0 Å². The molecule has 0 aliphatic carbocycles. The highest BCUT2D eigenvalue weighted by molar-refractivity contribution is 7.15. The summed E-state index contributed by atoms with van der Waals surface area (Å²) in [5, 5.41) is 1.86. The minimum absolute atomic E-state index is 0.0195. The normalized spacial score (nSPS) is 15.1. The lowest BCUT2D eigenvalue weighted by molar-refractivity contribution is 0.0626. The van der Waals surface area contributed by atoms with Crippen LogP contribution in [0.15, 0.2) is 40.8 Å². The van der Waals surface area contributed by atoms with Crippen LogP contribution < -0.4 is 10.3 Å². The number of amides is 1. The molecule has 8 nitrogen and oxygen atoms in total. The van der Waals surface area contributed by atoms with Crippen molar-refractivity contribution in [1.29, 1.82) is 0 Å². The van der Waals surface area contributed by atoms with Gasteiger partial charge in [-0.3, -0.25) is 18.9 Å². The first-order valence-electron chi connectivity index (χ1n) is 10.1. The quantitative estimate of drug-likeness (QED) is 0.600. The van der Waals surface area contributed by atoms with E-state index in [1.165, 1.54) is 11.3 Å². The Balaban J connectivity index is 1.32. The third-order valence-corrected chi connectivity index (χ3v) is 5.71. The Bertz CT molecular complexity index is 1070. The lowest BCUT2D eigenvalue weighted by atomic mass is 10.2. The first kappa shape index (κ1) is 20.5. The summed E-state index contributed by atoms with van der Waals surface area (Å²) in [5.41, 5.74) is 1.28. The highest BCUT2D eigenvalue weighted by Gasteiger charge is 2.23. The summed E-state index contributed by atoms with van der Waals surface area (Å²) in [5.74, 6) is 0.941. The molecule has 158 valence electrons. The Morgan fingerprint density at radius 3 is 2.73 bits per heavy atom. The van der Waals surface area contributed by atoms with Gasteiger partial charge in [0.2, 0.25) is 5.88 Å². The number of pyridine rings is 1. The van der Waals surface area contributed by atoms with Crippen molar-refractivity contribution in [1.82, 2.24) is 24.2 Å². The van der Waals surface area contributed by atoms with Gasteiger partial charge in [0.05, 0.1) is 17.9 Å². The first-order chi connectivity index (χ1) is 14.5. The van der Waals surface area contributed by atoms with E-state index < -0.39 is 0 Å². The van der Waals surface area contributed by atoms with E-state index in [4.69, 9.17) is 4.74 Å². The molecule has 0 radical (unpaired) electrons. The highest BCUT2D eigenvalue weighted by Crippen LogP contribution is 2.14. The molecule has 4 heterocycles. The van der Waals surface area contributed by atoms with Crippen molar-refractivity contribution in [2.75, 3.05) is 32.8 Å². The number of fused-ring (bicyclic) bond motifs is 1. The zero-order valence-corrected chi connectivity index (χ0v) is 18.0. The average molecular weight is 428 g/mol. The number of carbonyl (C=O) groups excluding carboxylic acids is 1. The number of hydrogen-bond acceptors (Lipinski definition) is 7. The molecule has 1 aliphatic heterocycles. The molecule has 1 fully saturated rings. The molecule has 0 unspecified atom stereocenters. The molecule has 0 atom stereocenters. The molecular formula is C21H25N5O3S. The molecule has 0 N–H and O–H groups in total. The van der Waals surface area contributed by atoms with E-state index in [0.29, 0.717) is 48.6 Å². The summed E-state index contributed by atoms with van der Waals surface area (Å²) in [6.07, 6.45) is 3.32. The van der Waals surface area contributed by atoms with E-state index in [2.05, 4.69) is 28.7 Å². The molecule has 0 spiro atoms. The molecule has 0 aromatic carbocycles. The zero-order chi connectivity index (χ0) is 21.1. The Kier molecular flexibility index (Phi) is 6.10. The fourth-order valence-corrected chi connectivity index (χ4v) is 4.07. The number of hydrogen-bond donors (Lipinski definition) is 0. The molecule has 1 amide bonds. The number of nitrogens with zero attached hydrogens (tertiary/aromatic N) is 5. The SMILES string of the molecule is CC(C)COc1ccc(C(=O)N2CCN(Cc3cc(=O)n4ccsc4n3)CC2)cn1. The average Bonchev–Trinajstić information content (AvgIpc) is 3.22. The fourth-order valence-electron chi connectivity index (χ4n) is 3.33. The van der Waals surface area contributed by atoms with Gasteiger partial charge in [-0.2, -0.15) is 0 Å². The number of ether oxygens (including phenoxy) is 1. The number of rotatable bonds is 6. The van der Waals surface area contributed by atoms with Crippen molar-refractivity contribution in [3.05, 3.63) is 57.6 Å². The summed E-state index contributed by atoms with van der Waals surface area (Å²) < 4.78 is 7.13. The number of piperazine rings is 1. The lowest BCUT2D eigenvalue weighted by Gasteiger charge is -2.34. The largest absolute Gasteiger partial charge is 0.477 e. The maximum Gasteiger partial charge on any atom is 0.258 e. The summed E-state index contributed by atoms with van der Waals surface area (Å²) in [6.45, 7) is 8.09. The summed E-state index contributed by atoms with van der Waals surface area (Å²) in [7, 11) is 0. The van der Waals surface area contributed by atoms with E-state index in [1.54, 1.807) is 35.0 Å². The molecule has 30 heavy (non-hydrogen) atoms. The van der Waals surface area contributed by atoms with Gasteiger partial charge in [-0.25, -0.2) is 9.97 Å². The Labute approximate surface area is 178 Å². The third kappa shape index (κ3) is 4.68. The van der Waals surface area contributed by atoms with Crippen molar-refractivity contribution in [3.63, 3.8) is 0 Å². The fraction of sp³-hybridized carbons (Fsp3) is 0.429. The van der Waals surface area contributed by atoms with E-state index in [1.807, 2.05) is 10.3 Å². The third-order valence-electron chi connectivity index (χ3n) is 4.95. The summed E-state index contributed by atoms with van der Waals surface area (Å²) in [4.78, 5) is 38.5. The molecule has 0 saturated carbocycles. The Morgan fingerprint density at radius 2 is 2.03 bits per heavy atom. The van der Waals surface area contributed by atoms with Gasteiger partial charge in [-0.15, -0.1) is 11.3 Å². The topological polar surface area (TPSA) is 80.0 Å². The van der Waals surface area contributed by atoms with Gasteiger partial charge in [0, 0.05) is 62.6 Å². The van der Waals surface area contributed by atoms with Crippen LogP contribution in [0.1, 0.15) is 29.9 Å². The molecule has 1 aliphatic rings. The molecule has 3 aromatic heterocycles. The predicted molar refractivity (Wildman–Crippen MR) is 115 cm³/mol. The van der Waals surface area contributed by atoms with E-state index >= 15 is 0 Å². The van der Waals surface area contributed by atoms with Crippen LogP contribution in [0.3, 0.4) is 0 Å². The van der Waals surface area contributed by atoms with E-state index in [0.717, 1.165) is 18.8 Å². The van der Waals surface area contributed by atoms with Crippen LogP contribution in [0.2, 0.25) is 0 Å². The number of carbonyl (C=O) groups is 1. The van der Waals surface area contributed by atoms with Crippen LogP contribution in [0.5, 0.6) is 5.88 Å². The molecule has 9 heteroatoms. The van der Waals surface area contributed by atoms with Gasteiger partial charge >= 0.3 is 0 Å². The highest BCUT2D eigenvalue weighted by atomic mass is 32.1. The first-order valence-corrected chi connectivity index (χ1v) is 10.9. The van der Waals surface area contributed by atoms with Crippen molar-refractivity contribution in [2.45, 2.75) is 20.4 Å². The van der Waals surface area contributed by atoms with Crippen LogP contribution in [0.25, 0.3) is 4.96 Å². The van der Waals surface area contributed by atoms with Crippen LogP contribution in [-0.2, 0) is 6.54 Å². The zero-order valence-electron chi connectivity index (χ0n) is 17.2. The number of aromatic nitrogens is 3. The second-order valence-electron chi connectivity index (χ2n) is 7.80. The molecule has 1 saturated heterocycles. The lowest BCUT2D eigenvalue weighted by Crippen LogP contribution is -2.48. The van der Waals surface area contributed by atoms with Crippen molar-refractivity contribution < 1.29 is 9.53 Å².